The van der Waals surface area contributed by atoms with Gasteiger partial charge in [0.05, 0.1) is 11.4 Å². The molecule has 1 aromatic heterocycles. The summed E-state index contributed by atoms with van der Waals surface area (Å²) in [5.41, 5.74) is 4.44. The van der Waals surface area contributed by atoms with E-state index < -0.39 is 5.91 Å². The van der Waals surface area contributed by atoms with Crippen LogP contribution in [0.25, 0.3) is 10.8 Å². The van der Waals surface area contributed by atoms with Gasteiger partial charge < -0.3 is 0 Å². The van der Waals surface area contributed by atoms with Gasteiger partial charge in [-0.15, -0.1) is 0 Å². The average Bonchev–Trinajstić information content (AvgIpc) is 2.51. The van der Waals surface area contributed by atoms with Crippen molar-refractivity contribution in [3.05, 3.63) is 40.3 Å². The first-order valence-electron chi connectivity index (χ1n) is 8.21. The largest absolute Gasteiger partial charge is 0.290 e. The highest BCUT2D eigenvalue weighted by atomic mass is 16.2. The van der Waals surface area contributed by atoms with Gasteiger partial charge in [0.25, 0.3) is 11.5 Å². The van der Waals surface area contributed by atoms with Crippen molar-refractivity contribution in [3.8, 4) is 0 Å². The topological polar surface area (TPSA) is 93.1 Å². The van der Waals surface area contributed by atoms with Gasteiger partial charge in [-0.1, -0.05) is 39.0 Å². The van der Waals surface area contributed by atoms with Crippen LogP contribution in [-0.2, 0) is 4.79 Å². The number of carbonyl (C=O) groups is 2. The van der Waals surface area contributed by atoms with E-state index in [0.29, 0.717) is 10.8 Å². The molecule has 0 saturated carbocycles. The molecule has 134 valence electrons. The second kappa shape index (κ2) is 7.04. The molecule has 1 heterocycles. The number of carbonyl (C=O) groups excluding carboxylic acids is 2. The normalized spacial score (nSPS) is 11.6. The summed E-state index contributed by atoms with van der Waals surface area (Å²) in [5.74, 6) is -0.852. The summed E-state index contributed by atoms with van der Waals surface area (Å²) in [6.45, 7) is 9.43. The Morgan fingerprint density at radius 3 is 2.28 bits per heavy atom. The molecule has 2 aromatic rings. The number of rotatable bonds is 3. The van der Waals surface area contributed by atoms with Gasteiger partial charge in [0, 0.05) is 11.8 Å². The van der Waals surface area contributed by atoms with Gasteiger partial charge in [0.15, 0.2) is 5.69 Å². The second-order valence-corrected chi connectivity index (χ2v) is 7.48. The minimum Gasteiger partial charge on any atom is -0.273 e. The zero-order chi connectivity index (χ0) is 18.8. The first-order valence-corrected chi connectivity index (χ1v) is 8.21. The van der Waals surface area contributed by atoms with Gasteiger partial charge >= 0.3 is 0 Å². The van der Waals surface area contributed by atoms with Crippen LogP contribution in [0.2, 0.25) is 0 Å². The van der Waals surface area contributed by atoms with E-state index in [2.05, 4.69) is 16.0 Å². The summed E-state index contributed by atoms with van der Waals surface area (Å²) in [4.78, 5) is 36.9. The van der Waals surface area contributed by atoms with Crippen molar-refractivity contribution in [1.82, 2.24) is 20.6 Å². The van der Waals surface area contributed by atoms with Crippen LogP contribution in [-0.4, -0.2) is 21.6 Å². The third-order valence-electron chi connectivity index (χ3n) is 3.54. The highest BCUT2D eigenvalue weighted by molar-refractivity contribution is 6.05. The number of aromatic nitrogens is 2. The monoisotopic (exact) mass is 344 g/mol. The minimum absolute atomic E-state index is 0.0972. The molecule has 0 radical (unpaired) electrons. The molecule has 1 aromatic carbocycles. The van der Waals surface area contributed by atoms with E-state index in [9.17, 15) is 14.4 Å². The number of hydrazine groups is 1. The molecule has 0 bridgehead atoms. The molecule has 0 atom stereocenters. The van der Waals surface area contributed by atoms with Crippen molar-refractivity contribution in [2.75, 3.05) is 0 Å². The number of amides is 2. The van der Waals surface area contributed by atoms with E-state index in [1.165, 1.54) is 4.68 Å². The maximum Gasteiger partial charge on any atom is 0.290 e. The third kappa shape index (κ3) is 4.43. The summed E-state index contributed by atoms with van der Waals surface area (Å²) in [6, 6.07) is 6.60. The lowest BCUT2D eigenvalue weighted by molar-refractivity contribution is -0.123. The molecule has 2 amide bonds. The van der Waals surface area contributed by atoms with Crippen LogP contribution >= 0.6 is 0 Å². The zero-order valence-electron chi connectivity index (χ0n) is 15.2. The number of hydrogen-bond acceptors (Lipinski definition) is 4. The quantitative estimate of drug-likeness (QED) is 0.835. The lowest BCUT2D eigenvalue weighted by atomic mass is 9.92. The Labute approximate surface area is 146 Å². The summed E-state index contributed by atoms with van der Waals surface area (Å²) < 4.78 is 1.27. The van der Waals surface area contributed by atoms with Crippen molar-refractivity contribution >= 4 is 22.6 Å². The van der Waals surface area contributed by atoms with Crippen molar-refractivity contribution in [3.63, 3.8) is 0 Å². The second-order valence-electron chi connectivity index (χ2n) is 7.48. The molecule has 7 nitrogen and oxygen atoms in total. The molecule has 2 rings (SSSR count). The Kier molecular flexibility index (Phi) is 5.25. The fourth-order valence-electron chi connectivity index (χ4n) is 2.44. The Balaban J connectivity index is 2.33. The Morgan fingerprint density at radius 1 is 1.12 bits per heavy atom. The Morgan fingerprint density at radius 2 is 1.72 bits per heavy atom. The lowest BCUT2D eigenvalue weighted by Gasteiger charge is -2.18. The van der Waals surface area contributed by atoms with Gasteiger partial charge in [-0.25, -0.2) is 4.68 Å². The third-order valence-corrected chi connectivity index (χ3v) is 3.54. The van der Waals surface area contributed by atoms with Gasteiger partial charge in [-0.2, -0.15) is 5.10 Å². The number of benzene rings is 1. The van der Waals surface area contributed by atoms with E-state index in [4.69, 9.17) is 0 Å². The molecular weight excluding hydrogens is 320 g/mol. The summed E-state index contributed by atoms with van der Waals surface area (Å²) in [5, 5.41) is 5.06. The standard InChI is InChI=1S/C18H24N4O3/c1-11(2)22-17(25)13-9-7-6-8-12(13)15(21-22)16(24)20-19-14(23)10-18(3,4)5/h6-9,11H,10H2,1-5H3,(H,19,23)(H,20,24). The average molecular weight is 344 g/mol. The molecule has 0 aliphatic heterocycles. The molecule has 2 N–H and O–H groups in total. The number of nitrogens with zero attached hydrogens (tertiary/aromatic N) is 2. The van der Waals surface area contributed by atoms with Gasteiger partial charge in [-0.05, 0) is 25.3 Å². The molecule has 0 unspecified atom stereocenters. The SMILES string of the molecule is CC(C)n1nc(C(=O)NNC(=O)CC(C)(C)C)c2ccccc2c1=O. The molecule has 25 heavy (non-hydrogen) atoms. The van der Waals surface area contributed by atoms with E-state index in [-0.39, 0.29) is 35.0 Å². The predicted octanol–water partition coefficient (Wildman–Crippen LogP) is 2.17. The molecule has 0 spiro atoms. The Hall–Kier alpha value is -2.70. The number of fused-ring (bicyclic) bond motifs is 1. The van der Waals surface area contributed by atoms with Crippen LogP contribution in [0.4, 0.5) is 0 Å². The zero-order valence-corrected chi connectivity index (χ0v) is 15.2. The molecule has 0 aliphatic rings. The van der Waals surface area contributed by atoms with Crippen LogP contribution in [0.5, 0.6) is 0 Å². The van der Waals surface area contributed by atoms with Crippen LogP contribution in [0.15, 0.2) is 29.1 Å². The van der Waals surface area contributed by atoms with Crippen molar-refractivity contribution in [2.24, 2.45) is 5.41 Å². The maximum absolute atomic E-state index is 12.5. The first kappa shape index (κ1) is 18.6. The number of nitrogens with one attached hydrogen (secondary N) is 2. The summed E-state index contributed by atoms with van der Waals surface area (Å²) >= 11 is 0. The van der Waals surface area contributed by atoms with E-state index in [0.717, 1.165) is 0 Å². The van der Waals surface area contributed by atoms with Gasteiger partial charge in [0.1, 0.15) is 0 Å². The van der Waals surface area contributed by atoms with E-state index >= 15 is 0 Å². The van der Waals surface area contributed by atoms with Gasteiger partial charge in [-0.3, -0.25) is 25.2 Å². The van der Waals surface area contributed by atoms with Gasteiger partial charge in [0.2, 0.25) is 5.91 Å². The van der Waals surface area contributed by atoms with Crippen LogP contribution < -0.4 is 16.4 Å². The number of hydrogen-bond donors (Lipinski definition) is 2. The van der Waals surface area contributed by atoms with Crippen LogP contribution in [0, 0.1) is 5.41 Å². The fourth-order valence-corrected chi connectivity index (χ4v) is 2.44. The van der Waals surface area contributed by atoms with Crippen molar-refractivity contribution in [2.45, 2.75) is 47.1 Å². The maximum atomic E-state index is 12.5. The highest BCUT2D eigenvalue weighted by Crippen LogP contribution is 2.18. The fraction of sp³-hybridized carbons (Fsp3) is 0.444. The van der Waals surface area contributed by atoms with Crippen molar-refractivity contribution < 1.29 is 9.59 Å². The van der Waals surface area contributed by atoms with E-state index in [1.807, 2.05) is 34.6 Å². The first-order chi connectivity index (χ1) is 11.6. The minimum atomic E-state index is -0.562. The molecule has 0 saturated heterocycles. The molecule has 7 heteroatoms. The lowest BCUT2D eigenvalue weighted by Crippen LogP contribution is -2.43. The van der Waals surface area contributed by atoms with Crippen molar-refractivity contribution in [1.29, 1.82) is 0 Å². The predicted molar refractivity (Wildman–Crippen MR) is 96.1 cm³/mol. The van der Waals surface area contributed by atoms with Crippen LogP contribution in [0.3, 0.4) is 0 Å². The Bertz CT molecular complexity index is 863. The molecule has 0 aliphatic carbocycles. The summed E-state index contributed by atoms with van der Waals surface area (Å²) in [6.07, 6.45) is 0.271. The molecular formula is C18H24N4O3. The smallest absolute Gasteiger partial charge is 0.273 e. The summed E-state index contributed by atoms with van der Waals surface area (Å²) in [7, 11) is 0. The van der Waals surface area contributed by atoms with E-state index in [1.54, 1.807) is 24.3 Å². The highest BCUT2D eigenvalue weighted by Gasteiger charge is 2.20. The van der Waals surface area contributed by atoms with Crippen LogP contribution in [0.1, 0.15) is 57.6 Å². The molecule has 0 fully saturated rings.